The number of para-hydroxylation sites is 1. The van der Waals surface area contributed by atoms with Crippen molar-refractivity contribution in [3.05, 3.63) is 59.7 Å². The van der Waals surface area contributed by atoms with Gasteiger partial charge in [0, 0.05) is 44.4 Å². The number of fused-ring (bicyclic) bond motifs is 1. The second-order valence-electron chi connectivity index (χ2n) is 6.92. The van der Waals surface area contributed by atoms with Crippen LogP contribution in [-0.2, 0) is 22.6 Å². The summed E-state index contributed by atoms with van der Waals surface area (Å²) >= 11 is 0. The predicted octanol–water partition coefficient (Wildman–Crippen LogP) is 2.96. The van der Waals surface area contributed by atoms with Crippen LogP contribution in [0.3, 0.4) is 0 Å². The summed E-state index contributed by atoms with van der Waals surface area (Å²) in [6.45, 7) is 0.506. The van der Waals surface area contributed by atoms with Crippen LogP contribution in [0.25, 0.3) is 0 Å². The monoisotopic (exact) mass is 351 g/mol. The fourth-order valence-corrected chi connectivity index (χ4v) is 3.15. The van der Waals surface area contributed by atoms with Gasteiger partial charge < -0.3 is 15.5 Å². The summed E-state index contributed by atoms with van der Waals surface area (Å²) < 4.78 is 0. The third kappa shape index (κ3) is 4.42. The maximum atomic E-state index is 12.2. The van der Waals surface area contributed by atoms with Gasteiger partial charge in [-0.25, -0.2) is 0 Å². The molecule has 1 atom stereocenters. The van der Waals surface area contributed by atoms with Gasteiger partial charge in [-0.3, -0.25) is 9.59 Å². The van der Waals surface area contributed by atoms with Crippen LogP contribution in [0.15, 0.2) is 48.5 Å². The Morgan fingerprint density at radius 1 is 1.15 bits per heavy atom. The Bertz CT molecular complexity index is 784. The van der Waals surface area contributed by atoms with Crippen molar-refractivity contribution < 1.29 is 9.59 Å². The molecule has 0 aliphatic carbocycles. The molecule has 0 bridgehead atoms. The third-order valence-electron chi connectivity index (χ3n) is 4.77. The third-order valence-corrected chi connectivity index (χ3v) is 4.77. The summed E-state index contributed by atoms with van der Waals surface area (Å²) in [5.41, 5.74) is 4.22. The zero-order chi connectivity index (χ0) is 18.5. The van der Waals surface area contributed by atoms with Gasteiger partial charge >= 0.3 is 0 Å². The molecule has 5 heteroatoms. The lowest BCUT2D eigenvalue weighted by Gasteiger charge is -2.24. The minimum absolute atomic E-state index is 0.00998. The highest BCUT2D eigenvalue weighted by atomic mass is 16.2. The highest BCUT2D eigenvalue weighted by molar-refractivity contribution is 5.96. The summed E-state index contributed by atoms with van der Waals surface area (Å²) in [5, 5.41) is 5.87. The van der Waals surface area contributed by atoms with E-state index in [0.717, 1.165) is 22.5 Å². The molecule has 5 nitrogen and oxygen atoms in total. The highest BCUT2D eigenvalue weighted by Gasteiger charge is 2.26. The van der Waals surface area contributed by atoms with Gasteiger partial charge in [0.25, 0.3) is 0 Å². The first-order valence-corrected chi connectivity index (χ1v) is 8.94. The van der Waals surface area contributed by atoms with Crippen molar-refractivity contribution in [3.8, 4) is 0 Å². The Hall–Kier alpha value is -2.82. The van der Waals surface area contributed by atoms with Gasteiger partial charge in [0.2, 0.25) is 11.8 Å². The van der Waals surface area contributed by atoms with Gasteiger partial charge in [-0.1, -0.05) is 30.3 Å². The van der Waals surface area contributed by atoms with Crippen LogP contribution >= 0.6 is 0 Å². The molecule has 1 aliphatic heterocycles. The van der Waals surface area contributed by atoms with Gasteiger partial charge in [-0.2, -0.15) is 0 Å². The summed E-state index contributed by atoms with van der Waals surface area (Å²) in [5.74, 6) is -0.154. The van der Waals surface area contributed by atoms with Gasteiger partial charge in [-0.05, 0) is 42.2 Å². The number of amides is 2. The van der Waals surface area contributed by atoms with Crippen molar-refractivity contribution in [2.24, 2.45) is 5.92 Å². The van der Waals surface area contributed by atoms with E-state index in [0.29, 0.717) is 25.8 Å². The number of benzene rings is 2. The maximum Gasteiger partial charge on any atom is 0.227 e. The minimum atomic E-state index is -0.143. The normalized spacial score (nSPS) is 15.8. The topological polar surface area (TPSA) is 61.4 Å². The summed E-state index contributed by atoms with van der Waals surface area (Å²) in [4.78, 5) is 26.4. The second-order valence-corrected chi connectivity index (χ2v) is 6.92. The number of nitrogens with zero attached hydrogens (tertiary/aromatic N) is 1. The highest BCUT2D eigenvalue weighted by Crippen LogP contribution is 2.27. The van der Waals surface area contributed by atoms with Crippen molar-refractivity contribution in [2.75, 3.05) is 24.3 Å². The van der Waals surface area contributed by atoms with Crippen molar-refractivity contribution in [1.29, 1.82) is 0 Å². The van der Waals surface area contributed by atoms with Crippen LogP contribution in [0, 0.1) is 5.92 Å². The van der Waals surface area contributed by atoms with Crippen LogP contribution in [0.4, 0.5) is 11.4 Å². The molecule has 0 unspecified atom stereocenters. The summed E-state index contributed by atoms with van der Waals surface area (Å²) in [7, 11) is 3.99. The number of nitrogens with one attached hydrogen (secondary N) is 2. The zero-order valence-electron chi connectivity index (χ0n) is 15.3. The first-order valence-electron chi connectivity index (χ1n) is 8.94. The van der Waals surface area contributed by atoms with Gasteiger partial charge in [0.05, 0.1) is 0 Å². The Kier molecular flexibility index (Phi) is 5.56. The van der Waals surface area contributed by atoms with E-state index in [1.165, 1.54) is 0 Å². The molecule has 26 heavy (non-hydrogen) atoms. The minimum Gasteiger partial charge on any atom is -0.378 e. The Balaban J connectivity index is 1.46. The van der Waals surface area contributed by atoms with Gasteiger partial charge in [0.15, 0.2) is 0 Å². The molecular weight excluding hydrogens is 326 g/mol. The average molecular weight is 351 g/mol. The van der Waals surface area contributed by atoms with Crippen LogP contribution in [0.2, 0.25) is 0 Å². The molecule has 2 aromatic carbocycles. The maximum absolute atomic E-state index is 12.2. The van der Waals surface area contributed by atoms with Crippen molar-refractivity contribution >= 4 is 23.2 Å². The molecule has 136 valence electrons. The van der Waals surface area contributed by atoms with E-state index in [1.807, 2.05) is 67.5 Å². The molecule has 2 N–H and O–H groups in total. The lowest BCUT2D eigenvalue weighted by Crippen LogP contribution is -2.31. The van der Waals surface area contributed by atoms with Crippen molar-refractivity contribution in [3.63, 3.8) is 0 Å². The van der Waals surface area contributed by atoms with E-state index in [1.54, 1.807) is 0 Å². The van der Waals surface area contributed by atoms with Gasteiger partial charge in [-0.15, -0.1) is 0 Å². The first kappa shape index (κ1) is 18.0. The van der Waals surface area contributed by atoms with Crippen molar-refractivity contribution in [2.45, 2.75) is 25.8 Å². The molecule has 0 aromatic heterocycles. The van der Waals surface area contributed by atoms with E-state index in [-0.39, 0.29) is 17.7 Å². The number of hydrogen-bond donors (Lipinski definition) is 2. The SMILES string of the molecule is CN(C)c1ccc(CNC(=O)CC[C@H]2Cc3ccccc3NC2=O)cc1. The molecule has 2 amide bonds. The largest absolute Gasteiger partial charge is 0.378 e. The molecule has 0 radical (unpaired) electrons. The van der Waals surface area contributed by atoms with Crippen LogP contribution in [-0.4, -0.2) is 25.9 Å². The van der Waals surface area contributed by atoms with Crippen LogP contribution < -0.4 is 15.5 Å². The number of anilines is 2. The molecule has 1 heterocycles. The number of rotatable bonds is 6. The fourth-order valence-electron chi connectivity index (χ4n) is 3.15. The summed E-state index contributed by atoms with van der Waals surface area (Å²) in [6.07, 6.45) is 1.61. The van der Waals surface area contributed by atoms with E-state index in [4.69, 9.17) is 0 Å². The van der Waals surface area contributed by atoms with Gasteiger partial charge in [0.1, 0.15) is 0 Å². The first-order chi connectivity index (χ1) is 12.5. The second kappa shape index (κ2) is 8.04. The molecule has 2 aromatic rings. The quantitative estimate of drug-likeness (QED) is 0.841. The van der Waals surface area contributed by atoms with Crippen molar-refractivity contribution in [1.82, 2.24) is 5.32 Å². The molecule has 0 spiro atoms. The zero-order valence-corrected chi connectivity index (χ0v) is 15.3. The Morgan fingerprint density at radius 3 is 2.62 bits per heavy atom. The molecule has 3 rings (SSSR count). The Labute approximate surface area is 154 Å². The van der Waals surface area contributed by atoms with E-state index in [9.17, 15) is 9.59 Å². The summed E-state index contributed by atoms with van der Waals surface area (Å²) in [6, 6.07) is 15.9. The van der Waals surface area contributed by atoms with E-state index >= 15 is 0 Å². The molecule has 0 saturated carbocycles. The molecule has 0 saturated heterocycles. The standard InChI is InChI=1S/C21H25N3O2/c1-24(2)18-10-7-15(8-11-18)14-22-20(25)12-9-17-13-16-5-3-4-6-19(16)23-21(17)26/h3-8,10-11,17H,9,12-14H2,1-2H3,(H,22,25)(H,23,26)/t17-/m0/s1. The smallest absolute Gasteiger partial charge is 0.227 e. The molecule has 0 fully saturated rings. The fraction of sp³-hybridized carbons (Fsp3) is 0.333. The van der Waals surface area contributed by atoms with Crippen LogP contribution in [0.5, 0.6) is 0 Å². The molecular formula is C21H25N3O2. The number of carbonyl (C=O) groups is 2. The lowest BCUT2D eigenvalue weighted by atomic mass is 9.89. The average Bonchev–Trinajstić information content (AvgIpc) is 2.65. The molecule has 1 aliphatic rings. The Morgan fingerprint density at radius 2 is 1.88 bits per heavy atom. The predicted molar refractivity (Wildman–Crippen MR) is 104 cm³/mol. The number of carbonyl (C=O) groups excluding carboxylic acids is 2. The lowest BCUT2D eigenvalue weighted by molar-refractivity contribution is -0.122. The van der Waals surface area contributed by atoms with Crippen LogP contribution in [0.1, 0.15) is 24.0 Å². The number of hydrogen-bond acceptors (Lipinski definition) is 3. The van der Waals surface area contributed by atoms with E-state index in [2.05, 4.69) is 10.6 Å². The van der Waals surface area contributed by atoms with E-state index < -0.39 is 0 Å².